The zero-order chi connectivity index (χ0) is 12.4. The van der Waals surface area contributed by atoms with Gasteiger partial charge in [-0.25, -0.2) is 0 Å². The van der Waals surface area contributed by atoms with E-state index in [4.69, 9.17) is 5.11 Å². The minimum absolute atomic E-state index is 0.171. The van der Waals surface area contributed by atoms with Crippen LogP contribution < -0.4 is 0 Å². The molecule has 0 aliphatic rings. The van der Waals surface area contributed by atoms with E-state index in [1.807, 2.05) is 0 Å². The van der Waals surface area contributed by atoms with Gasteiger partial charge in [0.1, 0.15) is 0 Å². The van der Waals surface area contributed by atoms with Crippen LogP contribution in [0.5, 0.6) is 0 Å². The molecule has 0 heterocycles. The highest BCUT2D eigenvalue weighted by Crippen LogP contribution is 2.20. The molecule has 2 nitrogen and oxygen atoms in total. The van der Waals surface area contributed by atoms with Crippen molar-refractivity contribution < 1.29 is 9.90 Å². The number of carboxylic acids is 1. The van der Waals surface area contributed by atoms with E-state index in [2.05, 4.69) is 13.8 Å². The van der Waals surface area contributed by atoms with Crippen molar-refractivity contribution in [1.82, 2.24) is 0 Å². The van der Waals surface area contributed by atoms with E-state index < -0.39 is 5.97 Å². The molecule has 16 heavy (non-hydrogen) atoms. The third-order valence-electron chi connectivity index (χ3n) is 3.46. The molecule has 0 aromatic rings. The van der Waals surface area contributed by atoms with Gasteiger partial charge in [0.2, 0.25) is 0 Å². The van der Waals surface area contributed by atoms with Gasteiger partial charge in [0.05, 0.1) is 5.92 Å². The molecular weight excluding hydrogens is 200 g/mol. The Bertz CT molecular complexity index is 178. The van der Waals surface area contributed by atoms with Crippen LogP contribution in [-0.4, -0.2) is 11.1 Å². The zero-order valence-corrected chi connectivity index (χ0v) is 11.2. The number of rotatable bonds is 10. The second kappa shape index (κ2) is 9.68. The van der Waals surface area contributed by atoms with Crippen LogP contribution in [0.1, 0.15) is 72.1 Å². The first-order chi connectivity index (χ1) is 7.61. The number of hydrogen-bond donors (Lipinski definition) is 1. The van der Waals surface area contributed by atoms with Gasteiger partial charge in [-0.3, -0.25) is 4.79 Å². The summed E-state index contributed by atoms with van der Waals surface area (Å²) in [5.74, 6) is 0.0360. The highest BCUT2D eigenvalue weighted by atomic mass is 16.4. The molecule has 0 spiro atoms. The molecule has 2 heteroatoms. The summed E-state index contributed by atoms with van der Waals surface area (Å²) in [4.78, 5) is 10.6. The van der Waals surface area contributed by atoms with Crippen LogP contribution in [0.25, 0.3) is 0 Å². The Hall–Kier alpha value is -0.530. The number of aliphatic carboxylic acids is 1. The third kappa shape index (κ3) is 7.72. The van der Waals surface area contributed by atoms with Crippen molar-refractivity contribution in [3.05, 3.63) is 0 Å². The van der Waals surface area contributed by atoms with E-state index in [9.17, 15) is 4.79 Å². The van der Waals surface area contributed by atoms with Crippen LogP contribution in [0.15, 0.2) is 0 Å². The molecule has 0 radical (unpaired) electrons. The highest BCUT2D eigenvalue weighted by molar-refractivity contribution is 5.69. The molecule has 2 atom stereocenters. The lowest BCUT2D eigenvalue weighted by atomic mass is 9.92. The topological polar surface area (TPSA) is 37.3 Å². The van der Waals surface area contributed by atoms with Gasteiger partial charge >= 0.3 is 5.97 Å². The molecule has 0 amide bonds. The van der Waals surface area contributed by atoms with Crippen LogP contribution in [0.2, 0.25) is 0 Å². The van der Waals surface area contributed by atoms with E-state index >= 15 is 0 Å². The first-order valence-electron chi connectivity index (χ1n) is 6.84. The van der Waals surface area contributed by atoms with Crippen LogP contribution in [-0.2, 0) is 4.79 Å². The minimum atomic E-state index is -0.655. The van der Waals surface area contributed by atoms with E-state index in [1.54, 1.807) is 6.92 Å². The van der Waals surface area contributed by atoms with Gasteiger partial charge in [-0.05, 0) is 12.3 Å². The fraction of sp³-hybridized carbons (Fsp3) is 0.929. The van der Waals surface area contributed by atoms with Gasteiger partial charge in [-0.2, -0.15) is 0 Å². The van der Waals surface area contributed by atoms with Crippen LogP contribution in [0.3, 0.4) is 0 Å². The number of carboxylic acid groups (broad SMARTS) is 1. The summed E-state index contributed by atoms with van der Waals surface area (Å²) >= 11 is 0. The second-order valence-corrected chi connectivity index (χ2v) is 4.94. The first kappa shape index (κ1) is 15.5. The summed E-state index contributed by atoms with van der Waals surface area (Å²) in [6.45, 7) is 6.30. The summed E-state index contributed by atoms with van der Waals surface area (Å²) in [5, 5.41) is 8.75. The van der Waals surface area contributed by atoms with E-state index in [1.165, 1.54) is 38.5 Å². The van der Waals surface area contributed by atoms with Crippen molar-refractivity contribution in [3.8, 4) is 0 Å². The molecule has 0 rings (SSSR count). The number of unbranched alkanes of at least 4 members (excludes halogenated alkanes) is 2. The normalized spacial score (nSPS) is 14.7. The van der Waals surface area contributed by atoms with Crippen LogP contribution in [0.4, 0.5) is 0 Å². The summed E-state index contributed by atoms with van der Waals surface area (Å²) < 4.78 is 0. The lowest BCUT2D eigenvalue weighted by molar-refractivity contribution is -0.141. The molecule has 96 valence electrons. The molecule has 0 saturated heterocycles. The molecule has 2 unspecified atom stereocenters. The average molecular weight is 228 g/mol. The number of hydrogen-bond acceptors (Lipinski definition) is 1. The molecule has 1 N–H and O–H groups in total. The Morgan fingerprint density at radius 1 is 1.06 bits per heavy atom. The predicted octanol–water partition coefficient (Wildman–Crippen LogP) is 4.48. The van der Waals surface area contributed by atoms with Crippen LogP contribution >= 0.6 is 0 Å². The van der Waals surface area contributed by atoms with Crippen molar-refractivity contribution in [1.29, 1.82) is 0 Å². The minimum Gasteiger partial charge on any atom is -0.481 e. The Balaban J connectivity index is 3.51. The van der Waals surface area contributed by atoms with Crippen molar-refractivity contribution >= 4 is 5.97 Å². The van der Waals surface area contributed by atoms with E-state index in [0.717, 1.165) is 18.8 Å². The second-order valence-electron chi connectivity index (χ2n) is 4.94. The van der Waals surface area contributed by atoms with Crippen molar-refractivity contribution in [2.75, 3.05) is 0 Å². The maximum Gasteiger partial charge on any atom is 0.306 e. The fourth-order valence-corrected chi connectivity index (χ4v) is 2.05. The molecule has 0 aromatic carbocycles. The lowest BCUT2D eigenvalue weighted by Crippen LogP contribution is -2.09. The van der Waals surface area contributed by atoms with Gasteiger partial charge in [-0.15, -0.1) is 0 Å². The molecule has 0 fully saturated rings. The molecule has 0 bridgehead atoms. The quantitative estimate of drug-likeness (QED) is 0.560. The number of carbonyl (C=O) groups is 1. The van der Waals surface area contributed by atoms with Gasteiger partial charge in [-0.1, -0.05) is 65.7 Å². The molecule has 0 saturated carbocycles. The van der Waals surface area contributed by atoms with E-state index in [0.29, 0.717) is 0 Å². The third-order valence-corrected chi connectivity index (χ3v) is 3.46. The SMILES string of the molecule is CCCCC(CC)CCCCC(C)C(=O)O. The van der Waals surface area contributed by atoms with Gasteiger partial charge < -0.3 is 5.11 Å². The summed E-state index contributed by atoms with van der Waals surface area (Å²) in [7, 11) is 0. The van der Waals surface area contributed by atoms with Crippen LogP contribution in [0, 0.1) is 11.8 Å². The fourth-order valence-electron chi connectivity index (χ4n) is 2.05. The predicted molar refractivity (Wildman–Crippen MR) is 68.6 cm³/mol. The molecule has 0 aromatic heterocycles. The first-order valence-corrected chi connectivity index (χ1v) is 6.84. The van der Waals surface area contributed by atoms with E-state index in [-0.39, 0.29) is 5.92 Å². The Kier molecular flexibility index (Phi) is 9.36. The van der Waals surface area contributed by atoms with Gasteiger partial charge in [0.25, 0.3) is 0 Å². The Morgan fingerprint density at radius 3 is 2.12 bits per heavy atom. The lowest BCUT2D eigenvalue weighted by Gasteiger charge is -2.14. The van der Waals surface area contributed by atoms with Crippen molar-refractivity contribution in [2.45, 2.75) is 72.1 Å². The van der Waals surface area contributed by atoms with Crippen molar-refractivity contribution in [3.63, 3.8) is 0 Å². The molecule has 0 aliphatic heterocycles. The maximum absolute atomic E-state index is 10.6. The highest BCUT2D eigenvalue weighted by Gasteiger charge is 2.11. The van der Waals surface area contributed by atoms with Gasteiger partial charge in [0, 0.05) is 0 Å². The monoisotopic (exact) mass is 228 g/mol. The summed E-state index contributed by atoms with van der Waals surface area (Å²) in [6.07, 6.45) is 9.62. The maximum atomic E-state index is 10.6. The Morgan fingerprint density at radius 2 is 1.62 bits per heavy atom. The summed E-state index contributed by atoms with van der Waals surface area (Å²) in [5.41, 5.74) is 0. The van der Waals surface area contributed by atoms with Crippen molar-refractivity contribution in [2.24, 2.45) is 11.8 Å². The molecular formula is C14H28O2. The average Bonchev–Trinajstić information content (AvgIpc) is 2.27. The zero-order valence-electron chi connectivity index (χ0n) is 11.2. The molecule has 0 aliphatic carbocycles. The smallest absolute Gasteiger partial charge is 0.306 e. The standard InChI is InChI=1S/C14H28O2/c1-4-6-10-13(5-2)11-8-7-9-12(3)14(15)16/h12-13H,4-11H2,1-3H3,(H,15,16). The Labute approximate surface area is 100 Å². The van der Waals surface area contributed by atoms with Gasteiger partial charge in [0.15, 0.2) is 0 Å². The largest absolute Gasteiger partial charge is 0.481 e. The summed E-state index contributed by atoms with van der Waals surface area (Å²) in [6, 6.07) is 0.